The third-order valence-corrected chi connectivity index (χ3v) is 7.58. The Morgan fingerprint density at radius 1 is 0.833 bits per heavy atom. The molecule has 5 aromatic rings. The molecule has 2 heterocycles. The summed E-state index contributed by atoms with van der Waals surface area (Å²) < 4.78 is 28.5. The second-order valence-corrected chi connectivity index (χ2v) is 10.2. The van der Waals surface area contributed by atoms with Gasteiger partial charge in [-0.3, -0.25) is 4.79 Å². The van der Waals surface area contributed by atoms with Gasteiger partial charge in [0.15, 0.2) is 17.0 Å². The van der Waals surface area contributed by atoms with Gasteiger partial charge >= 0.3 is 0 Å². The number of fused-ring (bicyclic) bond motifs is 1. The fourth-order valence-electron chi connectivity index (χ4n) is 5.44. The Labute approximate surface area is 242 Å². The number of halogens is 1. The van der Waals surface area contributed by atoms with Gasteiger partial charge in [-0.25, -0.2) is 19.3 Å². The van der Waals surface area contributed by atoms with Crippen LogP contribution in [0.3, 0.4) is 0 Å². The number of nitrogens with zero attached hydrogens (tertiary/aromatic N) is 4. The quantitative estimate of drug-likeness (QED) is 0.207. The molecule has 6 rings (SSSR count). The van der Waals surface area contributed by atoms with Crippen LogP contribution in [0.1, 0.15) is 27.5 Å². The number of amides is 1. The Bertz CT molecular complexity index is 1660. The molecule has 3 atom stereocenters. The third-order valence-electron chi connectivity index (χ3n) is 7.58. The number of aromatic nitrogens is 4. The molecule has 9 heteroatoms. The number of hydrogen-bond donors (Lipinski definition) is 1. The topological polar surface area (TPSA) is 91.2 Å². The maximum absolute atomic E-state index is 14.5. The lowest BCUT2D eigenvalue weighted by atomic mass is 9.65. The molecule has 212 valence electrons. The normalized spacial score (nSPS) is 19.1. The van der Waals surface area contributed by atoms with E-state index in [1.54, 1.807) is 30.6 Å². The lowest BCUT2D eigenvalue weighted by Crippen LogP contribution is -2.46. The summed E-state index contributed by atoms with van der Waals surface area (Å²) in [5.74, 6) is -0.296. The Hall–Kier alpha value is -4.73. The summed E-state index contributed by atoms with van der Waals surface area (Å²) in [6.45, 7) is 1.61. The maximum atomic E-state index is 14.5. The Morgan fingerprint density at radius 2 is 1.45 bits per heavy atom. The standard InChI is InChI=1S/C33H30FN5O3/c34-16-26-27(19-41-17-23-10-4-1-5-11-23)28(20-42-18-24-12-6-2-7-13-24)30(26)39-22-37-29-31(35-21-36-32(29)39)38-33(40)25-14-8-3-9-15-25/h1-16,21-22,27-28,30H,17-20H2,(H,35,36,38,40)/b26-16+/t27-,28+,30+/m0/s1. The van der Waals surface area contributed by atoms with Crippen LogP contribution in [0.2, 0.25) is 0 Å². The Balaban J connectivity index is 1.23. The number of rotatable bonds is 11. The zero-order chi connectivity index (χ0) is 28.7. The lowest BCUT2D eigenvalue weighted by Gasteiger charge is -2.47. The first-order valence-corrected chi connectivity index (χ1v) is 13.8. The monoisotopic (exact) mass is 563 g/mol. The molecule has 0 radical (unpaired) electrons. The predicted octanol–water partition coefficient (Wildman–Crippen LogP) is 6.15. The summed E-state index contributed by atoms with van der Waals surface area (Å²) in [6, 6.07) is 28.3. The molecule has 0 aliphatic heterocycles. The van der Waals surface area contributed by atoms with Gasteiger partial charge in [0.05, 0.1) is 45.1 Å². The van der Waals surface area contributed by atoms with Crippen LogP contribution < -0.4 is 5.32 Å². The minimum atomic E-state index is -0.381. The second kappa shape index (κ2) is 12.8. The zero-order valence-corrected chi connectivity index (χ0v) is 22.8. The highest BCUT2D eigenvalue weighted by atomic mass is 19.1. The van der Waals surface area contributed by atoms with Crippen molar-refractivity contribution in [2.45, 2.75) is 19.3 Å². The van der Waals surface area contributed by atoms with Gasteiger partial charge in [-0.05, 0) is 28.8 Å². The number of carbonyl (C=O) groups is 1. The first-order valence-electron chi connectivity index (χ1n) is 13.8. The molecule has 2 aromatic heterocycles. The van der Waals surface area contributed by atoms with E-state index in [0.29, 0.717) is 55.1 Å². The zero-order valence-electron chi connectivity index (χ0n) is 22.8. The van der Waals surface area contributed by atoms with Gasteiger partial charge in [0.2, 0.25) is 0 Å². The van der Waals surface area contributed by atoms with E-state index in [1.807, 2.05) is 71.3 Å². The smallest absolute Gasteiger partial charge is 0.256 e. The Morgan fingerprint density at radius 3 is 2.10 bits per heavy atom. The van der Waals surface area contributed by atoms with Gasteiger partial charge in [-0.15, -0.1) is 0 Å². The van der Waals surface area contributed by atoms with Crippen molar-refractivity contribution < 1.29 is 18.7 Å². The van der Waals surface area contributed by atoms with Crippen LogP contribution in [0.25, 0.3) is 11.2 Å². The van der Waals surface area contributed by atoms with E-state index in [9.17, 15) is 9.18 Å². The molecule has 0 saturated heterocycles. The van der Waals surface area contributed by atoms with Crippen molar-refractivity contribution in [3.63, 3.8) is 0 Å². The molecule has 1 aliphatic carbocycles. The van der Waals surface area contributed by atoms with E-state index < -0.39 is 0 Å². The highest BCUT2D eigenvalue weighted by Gasteiger charge is 2.48. The fraction of sp³-hybridized carbons (Fsp3) is 0.212. The predicted molar refractivity (Wildman–Crippen MR) is 157 cm³/mol. The van der Waals surface area contributed by atoms with Crippen LogP contribution in [0.4, 0.5) is 10.2 Å². The number of nitrogens with one attached hydrogen (secondary N) is 1. The van der Waals surface area contributed by atoms with Crippen molar-refractivity contribution in [3.05, 3.63) is 132 Å². The van der Waals surface area contributed by atoms with Crippen molar-refractivity contribution in [2.75, 3.05) is 18.5 Å². The van der Waals surface area contributed by atoms with Crippen molar-refractivity contribution in [2.24, 2.45) is 11.8 Å². The molecular weight excluding hydrogens is 533 g/mol. The van der Waals surface area contributed by atoms with E-state index >= 15 is 0 Å². The number of imidazole rings is 1. The Kier molecular flexibility index (Phi) is 8.39. The van der Waals surface area contributed by atoms with Gasteiger partial charge in [-0.2, -0.15) is 0 Å². The van der Waals surface area contributed by atoms with Crippen LogP contribution in [0.15, 0.2) is 116 Å². The molecule has 0 bridgehead atoms. The second-order valence-electron chi connectivity index (χ2n) is 10.2. The van der Waals surface area contributed by atoms with Crippen molar-refractivity contribution in [1.82, 2.24) is 19.5 Å². The molecule has 1 amide bonds. The summed E-state index contributed by atoms with van der Waals surface area (Å²) >= 11 is 0. The highest BCUT2D eigenvalue weighted by molar-refractivity contribution is 6.06. The fourth-order valence-corrected chi connectivity index (χ4v) is 5.44. The molecule has 1 aliphatic rings. The number of ether oxygens (including phenoxy) is 2. The van der Waals surface area contributed by atoms with Gasteiger partial charge in [0.1, 0.15) is 6.33 Å². The molecule has 1 saturated carbocycles. The van der Waals surface area contributed by atoms with Crippen LogP contribution in [0.5, 0.6) is 0 Å². The molecule has 1 fully saturated rings. The molecule has 1 N–H and O–H groups in total. The average Bonchev–Trinajstić information content (AvgIpc) is 3.46. The van der Waals surface area contributed by atoms with E-state index in [1.165, 1.54) is 6.33 Å². The first-order chi connectivity index (χ1) is 20.7. The lowest BCUT2D eigenvalue weighted by molar-refractivity contribution is -0.0178. The van der Waals surface area contributed by atoms with E-state index in [2.05, 4.69) is 20.3 Å². The van der Waals surface area contributed by atoms with E-state index in [-0.39, 0.29) is 29.6 Å². The van der Waals surface area contributed by atoms with E-state index in [4.69, 9.17) is 9.47 Å². The SMILES string of the molecule is O=C(Nc1ncnc2c1ncn2[C@@H]1/C(=C/F)[C@H](COCc2ccccc2)[C@H]1COCc1ccccc1)c1ccccc1. The summed E-state index contributed by atoms with van der Waals surface area (Å²) in [6.07, 6.45) is 3.66. The maximum Gasteiger partial charge on any atom is 0.256 e. The molecule has 42 heavy (non-hydrogen) atoms. The number of carbonyl (C=O) groups excluding carboxylic acids is 1. The molecule has 0 spiro atoms. The number of hydrogen-bond acceptors (Lipinski definition) is 6. The molecular formula is C33H30FN5O3. The van der Waals surface area contributed by atoms with E-state index in [0.717, 1.165) is 11.1 Å². The van der Waals surface area contributed by atoms with Gasteiger partial charge in [0, 0.05) is 17.4 Å². The number of benzene rings is 3. The molecule has 8 nitrogen and oxygen atoms in total. The summed E-state index contributed by atoms with van der Waals surface area (Å²) in [4.78, 5) is 26.1. The van der Waals surface area contributed by atoms with Crippen LogP contribution >= 0.6 is 0 Å². The van der Waals surface area contributed by atoms with Crippen LogP contribution in [0, 0.1) is 11.8 Å². The third kappa shape index (κ3) is 5.83. The summed E-state index contributed by atoms with van der Waals surface area (Å²) in [5.41, 5.74) is 4.12. The van der Waals surface area contributed by atoms with Gasteiger partial charge < -0.3 is 19.4 Å². The van der Waals surface area contributed by atoms with Crippen molar-refractivity contribution >= 4 is 22.9 Å². The van der Waals surface area contributed by atoms with Crippen molar-refractivity contribution in [1.29, 1.82) is 0 Å². The van der Waals surface area contributed by atoms with Crippen LogP contribution in [-0.2, 0) is 22.7 Å². The first kappa shape index (κ1) is 27.4. The van der Waals surface area contributed by atoms with Gasteiger partial charge in [-0.1, -0.05) is 78.9 Å². The largest absolute Gasteiger partial charge is 0.376 e. The summed E-state index contributed by atoms with van der Waals surface area (Å²) in [5, 5.41) is 2.83. The summed E-state index contributed by atoms with van der Waals surface area (Å²) in [7, 11) is 0. The minimum Gasteiger partial charge on any atom is -0.376 e. The van der Waals surface area contributed by atoms with Crippen molar-refractivity contribution in [3.8, 4) is 0 Å². The minimum absolute atomic E-state index is 0.0961. The molecule has 3 aromatic carbocycles. The average molecular weight is 564 g/mol. The van der Waals surface area contributed by atoms with Crippen LogP contribution in [-0.4, -0.2) is 38.6 Å². The van der Waals surface area contributed by atoms with Gasteiger partial charge in [0.25, 0.3) is 5.91 Å². The molecule has 0 unspecified atom stereocenters. The number of anilines is 1. The highest BCUT2D eigenvalue weighted by Crippen LogP contribution is 2.50.